The summed E-state index contributed by atoms with van der Waals surface area (Å²) in [7, 11) is 0. The third-order valence-corrected chi connectivity index (χ3v) is 3.48. The SMILES string of the molecule is CC(Cc1ccc(Br)cc1)NCc1ccc(CO)o1. The third kappa shape index (κ3) is 4.49. The van der Waals surface area contributed by atoms with Crippen molar-refractivity contribution in [1.29, 1.82) is 0 Å². The maximum atomic E-state index is 8.93. The van der Waals surface area contributed by atoms with Crippen LogP contribution < -0.4 is 5.32 Å². The molecule has 1 aromatic heterocycles. The minimum absolute atomic E-state index is 0.0472. The largest absolute Gasteiger partial charge is 0.462 e. The van der Waals surface area contributed by atoms with Gasteiger partial charge in [0.1, 0.15) is 18.1 Å². The van der Waals surface area contributed by atoms with Crippen molar-refractivity contribution in [2.24, 2.45) is 0 Å². The van der Waals surface area contributed by atoms with Crippen LogP contribution in [0.4, 0.5) is 0 Å². The first-order valence-electron chi connectivity index (χ1n) is 6.33. The van der Waals surface area contributed by atoms with Crippen molar-refractivity contribution in [2.45, 2.75) is 32.5 Å². The van der Waals surface area contributed by atoms with Gasteiger partial charge in [0.2, 0.25) is 0 Å². The van der Waals surface area contributed by atoms with Crippen molar-refractivity contribution in [3.63, 3.8) is 0 Å². The van der Waals surface area contributed by atoms with Crippen LogP contribution in [0, 0.1) is 0 Å². The Morgan fingerprint density at radius 2 is 1.84 bits per heavy atom. The van der Waals surface area contributed by atoms with Gasteiger partial charge < -0.3 is 14.8 Å². The molecule has 1 aromatic carbocycles. The van der Waals surface area contributed by atoms with E-state index in [1.165, 1.54) is 5.56 Å². The molecule has 2 aromatic rings. The fraction of sp³-hybridized carbons (Fsp3) is 0.333. The maximum absolute atomic E-state index is 8.93. The van der Waals surface area contributed by atoms with Crippen molar-refractivity contribution < 1.29 is 9.52 Å². The predicted octanol–water partition coefficient (Wildman–Crippen LogP) is 3.26. The third-order valence-electron chi connectivity index (χ3n) is 2.95. The zero-order valence-corrected chi connectivity index (χ0v) is 12.5. The average molecular weight is 324 g/mol. The summed E-state index contributed by atoms with van der Waals surface area (Å²) in [6.45, 7) is 2.78. The van der Waals surface area contributed by atoms with Crippen LogP contribution in [0.2, 0.25) is 0 Å². The van der Waals surface area contributed by atoms with Gasteiger partial charge in [-0.3, -0.25) is 0 Å². The van der Waals surface area contributed by atoms with Gasteiger partial charge in [0.05, 0.1) is 6.54 Å². The first-order valence-corrected chi connectivity index (χ1v) is 7.13. The highest BCUT2D eigenvalue weighted by atomic mass is 79.9. The second kappa shape index (κ2) is 6.89. The van der Waals surface area contributed by atoms with Crippen LogP contribution in [0.15, 0.2) is 45.3 Å². The van der Waals surface area contributed by atoms with Crippen LogP contribution in [0.25, 0.3) is 0 Å². The van der Waals surface area contributed by atoms with Crippen molar-refractivity contribution in [3.8, 4) is 0 Å². The van der Waals surface area contributed by atoms with Crippen LogP contribution in [-0.2, 0) is 19.6 Å². The Hall–Kier alpha value is -1.10. The molecule has 2 N–H and O–H groups in total. The van der Waals surface area contributed by atoms with E-state index in [4.69, 9.17) is 9.52 Å². The van der Waals surface area contributed by atoms with Gasteiger partial charge in [-0.1, -0.05) is 28.1 Å². The lowest BCUT2D eigenvalue weighted by Crippen LogP contribution is -2.27. The van der Waals surface area contributed by atoms with Gasteiger partial charge in [-0.25, -0.2) is 0 Å². The molecule has 4 heteroatoms. The lowest BCUT2D eigenvalue weighted by Gasteiger charge is -2.13. The first-order chi connectivity index (χ1) is 9.17. The molecule has 1 atom stereocenters. The fourth-order valence-corrected chi connectivity index (χ4v) is 2.19. The molecule has 102 valence electrons. The lowest BCUT2D eigenvalue weighted by molar-refractivity contribution is 0.242. The molecular weight excluding hydrogens is 306 g/mol. The molecule has 0 fully saturated rings. The van der Waals surface area contributed by atoms with Gasteiger partial charge in [0.25, 0.3) is 0 Å². The van der Waals surface area contributed by atoms with E-state index in [1.807, 2.05) is 6.07 Å². The summed E-state index contributed by atoms with van der Waals surface area (Å²) in [4.78, 5) is 0. The van der Waals surface area contributed by atoms with Crippen LogP contribution >= 0.6 is 15.9 Å². The summed E-state index contributed by atoms with van der Waals surface area (Å²) in [6, 6.07) is 12.4. The molecule has 0 saturated carbocycles. The van der Waals surface area contributed by atoms with Gasteiger partial charge in [-0.15, -0.1) is 0 Å². The standard InChI is InChI=1S/C15H18BrNO2/c1-11(8-12-2-4-13(16)5-3-12)17-9-14-6-7-15(10-18)19-14/h2-7,11,17-18H,8-10H2,1H3. The highest BCUT2D eigenvalue weighted by molar-refractivity contribution is 9.10. The molecule has 0 aliphatic heterocycles. The monoisotopic (exact) mass is 323 g/mol. The molecule has 0 aliphatic carbocycles. The number of halogens is 1. The molecule has 0 amide bonds. The minimum Gasteiger partial charge on any atom is -0.462 e. The second-order valence-electron chi connectivity index (χ2n) is 4.64. The molecule has 3 nitrogen and oxygen atoms in total. The molecular formula is C15H18BrNO2. The van der Waals surface area contributed by atoms with Crippen molar-refractivity contribution in [1.82, 2.24) is 5.32 Å². The van der Waals surface area contributed by atoms with E-state index in [-0.39, 0.29) is 6.61 Å². The number of benzene rings is 1. The van der Waals surface area contributed by atoms with Crippen molar-refractivity contribution in [2.75, 3.05) is 0 Å². The van der Waals surface area contributed by atoms with E-state index in [9.17, 15) is 0 Å². The molecule has 1 heterocycles. The zero-order valence-electron chi connectivity index (χ0n) is 10.9. The highest BCUT2D eigenvalue weighted by Gasteiger charge is 2.05. The van der Waals surface area contributed by atoms with E-state index in [2.05, 4.69) is 52.4 Å². The number of furan rings is 1. The number of hydrogen-bond donors (Lipinski definition) is 2. The molecule has 0 saturated heterocycles. The van der Waals surface area contributed by atoms with Crippen LogP contribution in [0.5, 0.6) is 0 Å². The Bertz CT molecular complexity index is 507. The Labute approximate surface area is 121 Å². The summed E-state index contributed by atoms with van der Waals surface area (Å²) in [5.41, 5.74) is 1.30. The lowest BCUT2D eigenvalue weighted by atomic mass is 10.1. The van der Waals surface area contributed by atoms with Gasteiger partial charge >= 0.3 is 0 Å². The van der Waals surface area contributed by atoms with E-state index >= 15 is 0 Å². The normalized spacial score (nSPS) is 12.6. The van der Waals surface area contributed by atoms with E-state index in [1.54, 1.807) is 6.07 Å². The zero-order chi connectivity index (χ0) is 13.7. The number of hydrogen-bond acceptors (Lipinski definition) is 3. The van der Waals surface area contributed by atoms with Gasteiger partial charge in [-0.05, 0) is 43.2 Å². The number of rotatable bonds is 6. The quantitative estimate of drug-likeness (QED) is 0.857. The Morgan fingerprint density at radius 1 is 1.16 bits per heavy atom. The summed E-state index contributed by atoms with van der Waals surface area (Å²) in [5.74, 6) is 1.46. The number of nitrogens with one attached hydrogen (secondary N) is 1. The molecule has 1 unspecified atom stereocenters. The maximum Gasteiger partial charge on any atom is 0.129 e. The molecule has 19 heavy (non-hydrogen) atoms. The minimum atomic E-state index is -0.0472. The molecule has 0 spiro atoms. The van der Waals surface area contributed by atoms with Crippen molar-refractivity contribution >= 4 is 15.9 Å². The van der Waals surface area contributed by atoms with Gasteiger partial charge in [0, 0.05) is 10.5 Å². The first kappa shape index (κ1) is 14.3. The molecule has 2 rings (SSSR count). The second-order valence-corrected chi connectivity index (χ2v) is 5.55. The summed E-state index contributed by atoms with van der Waals surface area (Å²) in [5, 5.41) is 12.3. The van der Waals surface area contributed by atoms with Crippen molar-refractivity contribution in [3.05, 3.63) is 58.0 Å². The van der Waals surface area contributed by atoms with E-state index < -0.39 is 0 Å². The topological polar surface area (TPSA) is 45.4 Å². The van der Waals surface area contributed by atoms with Gasteiger partial charge in [-0.2, -0.15) is 0 Å². The Morgan fingerprint density at radius 3 is 2.47 bits per heavy atom. The Balaban J connectivity index is 1.81. The van der Waals surface area contributed by atoms with Crippen LogP contribution in [-0.4, -0.2) is 11.1 Å². The predicted molar refractivity (Wildman–Crippen MR) is 78.8 cm³/mol. The highest BCUT2D eigenvalue weighted by Crippen LogP contribution is 2.12. The molecule has 0 aliphatic rings. The van der Waals surface area contributed by atoms with Gasteiger partial charge in [0.15, 0.2) is 0 Å². The van der Waals surface area contributed by atoms with Crippen LogP contribution in [0.3, 0.4) is 0 Å². The summed E-state index contributed by atoms with van der Waals surface area (Å²) in [6.07, 6.45) is 0.973. The van der Waals surface area contributed by atoms with Crippen LogP contribution in [0.1, 0.15) is 24.0 Å². The summed E-state index contributed by atoms with van der Waals surface area (Å²) < 4.78 is 6.53. The smallest absolute Gasteiger partial charge is 0.129 e. The van der Waals surface area contributed by atoms with E-state index in [0.717, 1.165) is 16.7 Å². The summed E-state index contributed by atoms with van der Waals surface area (Å²) >= 11 is 3.43. The average Bonchev–Trinajstić information content (AvgIpc) is 2.87. The molecule has 0 bridgehead atoms. The number of aliphatic hydroxyl groups is 1. The molecule has 0 radical (unpaired) electrons. The Kier molecular flexibility index (Phi) is 5.19. The number of aliphatic hydroxyl groups excluding tert-OH is 1. The van der Waals surface area contributed by atoms with E-state index in [0.29, 0.717) is 18.3 Å². The fourth-order valence-electron chi connectivity index (χ4n) is 1.92.